The van der Waals surface area contributed by atoms with Crippen molar-refractivity contribution >= 4 is 11.4 Å². The molecule has 1 fully saturated rings. The summed E-state index contributed by atoms with van der Waals surface area (Å²) >= 11 is 0. The van der Waals surface area contributed by atoms with Gasteiger partial charge in [0.25, 0.3) is 0 Å². The Morgan fingerprint density at radius 2 is 2.21 bits per heavy atom. The molecule has 0 bridgehead atoms. The molecule has 2 heteroatoms. The van der Waals surface area contributed by atoms with Gasteiger partial charge in [-0.25, -0.2) is 0 Å². The summed E-state index contributed by atoms with van der Waals surface area (Å²) in [5.74, 6) is 0.345. The van der Waals surface area contributed by atoms with Crippen LogP contribution < -0.4 is 0 Å². The molecule has 80 valence electrons. The van der Waals surface area contributed by atoms with Gasteiger partial charge in [-0.2, -0.15) is 0 Å². The van der Waals surface area contributed by atoms with Crippen LogP contribution in [0.5, 0.6) is 0 Å². The van der Waals surface area contributed by atoms with Gasteiger partial charge < -0.3 is 5.41 Å². The van der Waals surface area contributed by atoms with Crippen LogP contribution in [0, 0.1) is 16.7 Å². The molecule has 0 spiro atoms. The average Bonchev–Trinajstić information content (AvgIpc) is 2.15. The van der Waals surface area contributed by atoms with E-state index in [1.807, 2.05) is 7.05 Å². The van der Waals surface area contributed by atoms with Gasteiger partial charge in [0.1, 0.15) is 0 Å². The summed E-state index contributed by atoms with van der Waals surface area (Å²) < 4.78 is 0. The molecule has 1 N–H and O–H groups in total. The van der Waals surface area contributed by atoms with Crippen molar-refractivity contribution in [3.8, 4) is 0 Å². The number of nitrogens with zero attached hydrogens (tertiary/aromatic N) is 1. The van der Waals surface area contributed by atoms with Crippen LogP contribution in [0.3, 0.4) is 0 Å². The third-order valence-electron chi connectivity index (χ3n) is 3.26. The van der Waals surface area contributed by atoms with Crippen LogP contribution in [0.4, 0.5) is 0 Å². The summed E-state index contributed by atoms with van der Waals surface area (Å²) in [6, 6.07) is 0. The molecule has 0 saturated heterocycles. The molecule has 0 aromatic heterocycles. The lowest BCUT2D eigenvalue weighted by Gasteiger charge is -2.35. The van der Waals surface area contributed by atoms with E-state index in [4.69, 9.17) is 5.41 Å². The monoisotopic (exact) mass is 194 g/mol. The molecule has 0 amide bonds. The fraction of sp³-hybridized carbons (Fsp3) is 0.833. The van der Waals surface area contributed by atoms with Crippen molar-refractivity contribution in [2.75, 3.05) is 7.05 Å². The SMILES string of the molecule is CCC(=N)C1CCC(C)(C)CC1=NC. The third kappa shape index (κ3) is 2.43. The van der Waals surface area contributed by atoms with Gasteiger partial charge in [-0.1, -0.05) is 20.8 Å². The summed E-state index contributed by atoms with van der Waals surface area (Å²) in [5, 5.41) is 7.91. The topological polar surface area (TPSA) is 36.2 Å². The number of aliphatic imine (C=N–C) groups is 1. The Morgan fingerprint density at radius 1 is 1.57 bits per heavy atom. The molecule has 1 rings (SSSR count). The standard InChI is InChI=1S/C12H22N2/c1-5-10(13)9-6-7-12(2,3)8-11(9)14-4/h9,13H,5-8H2,1-4H3. The van der Waals surface area contributed by atoms with Crippen molar-refractivity contribution in [2.24, 2.45) is 16.3 Å². The molecule has 0 aromatic rings. The second kappa shape index (κ2) is 4.24. The summed E-state index contributed by atoms with van der Waals surface area (Å²) in [6.45, 7) is 6.66. The predicted molar refractivity (Wildman–Crippen MR) is 62.5 cm³/mol. The van der Waals surface area contributed by atoms with E-state index in [-0.39, 0.29) is 0 Å². The Labute approximate surface area is 87.3 Å². The summed E-state index contributed by atoms with van der Waals surface area (Å²) in [4.78, 5) is 4.37. The fourth-order valence-electron chi connectivity index (χ4n) is 2.26. The van der Waals surface area contributed by atoms with E-state index >= 15 is 0 Å². The van der Waals surface area contributed by atoms with Crippen molar-refractivity contribution in [3.05, 3.63) is 0 Å². The predicted octanol–water partition coefficient (Wildman–Crippen LogP) is 3.31. The van der Waals surface area contributed by atoms with Crippen molar-refractivity contribution < 1.29 is 0 Å². The first kappa shape index (κ1) is 11.4. The van der Waals surface area contributed by atoms with Crippen molar-refractivity contribution in [2.45, 2.75) is 46.5 Å². The lowest BCUT2D eigenvalue weighted by molar-refractivity contribution is 0.307. The fourth-order valence-corrected chi connectivity index (χ4v) is 2.26. The van der Waals surface area contributed by atoms with E-state index in [2.05, 4.69) is 25.8 Å². The number of rotatable bonds is 2. The highest BCUT2D eigenvalue weighted by Crippen LogP contribution is 2.37. The van der Waals surface area contributed by atoms with Crippen molar-refractivity contribution in [1.29, 1.82) is 5.41 Å². The van der Waals surface area contributed by atoms with Crippen LogP contribution in [0.1, 0.15) is 46.5 Å². The zero-order valence-corrected chi connectivity index (χ0v) is 9.85. The Bertz CT molecular complexity index is 251. The van der Waals surface area contributed by atoms with Crippen molar-refractivity contribution in [3.63, 3.8) is 0 Å². The summed E-state index contributed by atoms with van der Waals surface area (Å²) in [5.41, 5.74) is 2.49. The maximum absolute atomic E-state index is 7.91. The van der Waals surface area contributed by atoms with Gasteiger partial charge in [0.2, 0.25) is 0 Å². The molecule has 0 radical (unpaired) electrons. The Hall–Kier alpha value is -0.660. The minimum absolute atomic E-state index is 0.345. The molecule has 14 heavy (non-hydrogen) atoms. The zero-order valence-electron chi connectivity index (χ0n) is 9.85. The molecule has 1 unspecified atom stereocenters. The molecular formula is C12H22N2. The first-order valence-corrected chi connectivity index (χ1v) is 5.53. The van der Waals surface area contributed by atoms with Crippen LogP contribution in [-0.4, -0.2) is 18.5 Å². The molecule has 1 aliphatic rings. The van der Waals surface area contributed by atoms with Gasteiger partial charge in [0, 0.05) is 24.4 Å². The normalized spacial score (nSPS) is 29.1. The molecule has 1 atom stereocenters. The van der Waals surface area contributed by atoms with Gasteiger partial charge in [0.05, 0.1) is 0 Å². The first-order chi connectivity index (χ1) is 6.50. The highest BCUT2D eigenvalue weighted by atomic mass is 14.7. The van der Waals surface area contributed by atoms with E-state index < -0.39 is 0 Å². The van der Waals surface area contributed by atoms with E-state index in [0.29, 0.717) is 11.3 Å². The quantitative estimate of drug-likeness (QED) is 0.655. The molecule has 1 aliphatic carbocycles. The third-order valence-corrected chi connectivity index (χ3v) is 3.26. The zero-order chi connectivity index (χ0) is 10.8. The van der Waals surface area contributed by atoms with Crippen LogP contribution in [-0.2, 0) is 0 Å². The minimum atomic E-state index is 0.345. The molecule has 2 nitrogen and oxygen atoms in total. The second-order valence-electron chi connectivity index (χ2n) is 5.03. The molecule has 0 aromatic carbocycles. The minimum Gasteiger partial charge on any atom is -0.309 e. The number of nitrogens with one attached hydrogen (secondary N) is 1. The maximum atomic E-state index is 7.91. The molecule has 0 heterocycles. The van der Waals surface area contributed by atoms with Gasteiger partial charge in [0.15, 0.2) is 0 Å². The lowest BCUT2D eigenvalue weighted by atomic mass is 9.70. The van der Waals surface area contributed by atoms with Gasteiger partial charge >= 0.3 is 0 Å². The maximum Gasteiger partial charge on any atom is 0.0346 e. The highest BCUT2D eigenvalue weighted by molar-refractivity contribution is 6.06. The van der Waals surface area contributed by atoms with Gasteiger partial charge in [-0.3, -0.25) is 4.99 Å². The second-order valence-corrected chi connectivity index (χ2v) is 5.03. The van der Waals surface area contributed by atoms with Crippen LogP contribution in [0.2, 0.25) is 0 Å². The van der Waals surface area contributed by atoms with Gasteiger partial charge in [-0.05, 0) is 31.1 Å². The van der Waals surface area contributed by atoms with E-state index in [0.717, 1.165) is 25.0 Å². The highest BCUT2D eigenvalue weighted by Gasteiger charge is 2.32. The Kier molecular flexibility index (Phi) is 3.46. The first-order valence-electron chi connectivity index (χ1n) is 5.53. The van der Waals surface area contributed by atoms with Crippen molar-refractivity contribution in [1.82, 2.24) is 0 Å². The van der Waals surface area contributed by atoms with E-state index in [1.54, 1.807) is 0 Å². The largest absolute Gasteiger partial charge is 0.309 e. The smallest absolute Gasteiger partial charge is 0.0346 e. The summed E-state index contributed by atoms with van der Waals surface area (Å²) in [6.07, 6.45) is 4.27. The van der Waals surface area contributed by atoms with Crippen LogP contribution in [0.25, 0.3) is 0 Å². The Morgan fingerprint density at radius 3 is 2.71 bits per heavy atom. The van der Waals surface area contributed by atoms with E-state index in [9.17, 15) is 0 Å². The summed E-state index contributed by atoms with van der Waals surface area (Å²) in [7, 11) is 1.87. The molecule has 1 saturated carbocycles. The average molecular weight is 194 g/mol. The van der Waals surface area contributed by atoms with Crippen LogP contribution >= 0.6 is 0 Å². The van der Waals surface area contributed by atoms with Gasteiger partial charge in [-0.15, -0.1) is 0 Å². The lowest BCUT2D eigenvalue weighted by Crippen LogP contribution is -2.34. The molecular weight excluding hydrogens is 172 g/mol. The molecule has 0 aliphatic heterocycles. The van der Waals surface area contributed by atoms with E-state index in [1.165, 1.54) is 12.1 Å². The number of hydrogen-bond donors (Lipinski definition) is 1. The Balaban J connectivity index is 2.77. The van der Waals surface area contributed by atoms with Crippen LogP contribution in [0.15, 0.2) is 4.99 Å². The number of hydrogen-bond acceptors (Lipinski definition) is 2.